The molecule has 0 aliphatic carbocycles. The molecule has 23 heavy (non-hydrogen) atoms. The van der Waals surface area contributed by atoms with Gasteiger partial charge in [-0.05, 0) is 31.4 Å². The summed E-state index contributed by atoms with van der Waals surface area (Å²) in [6, 6.07) is 2.09. The lowest BCUT2D eigenvalue weighted by Gasteiger charge is -2.33. The number of halogens is 3. The van der Waals surface area contributed by atoms with Gasteiger partial charge in [0, 0.05) is 31.4 Å². The third-order valence-corrected chi connectivity index (χ3v) is 4.16. The lowest BCUT2D eigenvalue weighted by Crippen LogP contribution is -2.44. The number of imidazole rings is 1. The van der Waals surface area contributed by atoms with E-state index in [2.05, 4.69) is 4.98 Å². The number of carbonyl (C=O) groups is 1. The molecule has 5 nitrogen and oxygen atoms in total. The van der Waals surface area contributed by atoms with Gasteiger partial charge < -0.3 is 14.4 Å². The Kier molecular flexibility index (Phi) is 3.91. The van der Waals surface area contributed by atoms with Gasteiger partial charge in [0.2, 0.25) is 0 Å². The van der Waals surface area contributed by atoms with Gasteiger partial charge in [-0.2, -0.15) is 13.2 Å². The molecule has 1 fully saturated rings. The number of fused-ring (bicyclic) bond motifs is 1. The second kappa shape index (κ2) is 5.75. The molecule has 3 heterocycles. The normalized spacial score (nSPS) is 19.3. The number of likely N-dealkylation sites (tertiary alicyclic amines) is 1. The highest BCUT2D eigenvalue weighted by Crippen LogP contribution is 2.32. The highest BCUT2D eigenvalue weighted by molar-refractivity contribution is 5.65. The van der Waals surface area contributed by atoms with E-state index in [-0.39, 0.29) is 11.7 Å². The summed E-state index contributed by atoms with van der Waals surface area (Å²) in [5.41, 5.74) is -0.461. The number of alkyl halides is 3. The zero-order valence-electron chi connectivity index (χ0n) is 12.3. The summed E-state index contributed by atoms with van der Waals surface area (Å²) in [7, 11) is 0. The van der Waals surface area contributed by atoms with Crippen LogP contribution >= 0.6 is 0 Å². The summed E-state index contributed by atoms with van der Waals surface area (Å²) in [6.07, 6.45) is 0.341. The molecule has 1 atom stereocenters. The van der Waals surface area contributed by atoms with Gasteiger partial charge in [0.1, 0.15) is 5.65 Å². The fourth-order valence-corrected chi connectivity index (χ4v) is 3.09. The Balaban J connectivity index is 1.90. The smallest absolute Gasteiger partial charge is 0.419 e. The number of pyridine rings is 1. The fraction of sp³-hybridized carbons (Fsp3) is 0.467. The Morgan fingerprint density at radius 3 is 2.87 bits per heavy atom. The number of amides is 1. The van der Waals surface area contributed by atoms with Crippen LogP contribution in [0, 0.1) is 0 Å². The molecule has 1 aliphatic rings. The van der Waals surface area contributed by atoms with Gasteiger partial charge in [-0.3, -0.25) is 0 Å². The summed E-state index contributed by atoms with van der Waals surface area (Å²) in [5, 5.41) is 9.23. The summed E-state index contributed by atoms with van der Waals surface area (Å²) >= 11 is 0. The number of aromatic nitrogens is 2. The van der Waals surface area contributed by atoms with Gasteiger partial charge in [-0.25, -0.2) is 9.78 Å². The first-order chi connectivity index (χ1) is 10.9. The van der Waals surface area contributed by atoms with Crippen LogP contribution in [0.15, 0.2) is 24.5 Å². The van der Waals surface area contributed by atoms with E-state index in [1.54, 1.807) is 6.20 Å². The van der Waals surface area contributed by atoms with Gasteiger partial charge >= 0.3 is 12.3 Å². The first kappa shape index (κ1) is 15.6. The van der Waals surface area contributed by atoms with Crippen LogP contribution in [0.5, 0.6) is 0 Å². The molecule has 1 saturated heterocycles. The third-order valence-electron chi connectivity index (χ3n) is 4.16. The van der Waals surface area contributed by atoms with Gasteiger partial charge in [-0.15, -0.1) is 0 Å². The van der Waals surface area contributed by atoms with Crippen LogP contribution in [0.2, 0.25) is 0 Å². The fourth-order valence-electron chi connectivity index (χ4n) is 3.09. The van der Waals surface area contributed by atoms with Gasteiger partial charge in [-0.1, -0.05) is 0 Å². The average molecular weight is 327 g/mol. The minimum absolute atomic E-state index is 0.146. The molecule has 0 radical (unpaired) electrons. The van der Waals surface area contributed by atoms with Crippen LogP contribution < -0.4 is 0 Å². The Hall–Kier alpha value is -2.25. The highest BCUT2D eigenvalue weighted by atomic mass is 19.4. The molecule has 1 N–H and O–H groups in total. The van der Waals surface area contributed by atoms with Crippen molar-refractivity contribution in [2.75, 3.05) is 6.54 Å². The number of carboxylic acid groups (broad SMARTS) is 1. The van der Waals surface area contributed by atoms with Gasteiger partial charge in [0.25, 0.3) is 0 Å². The van der Waals surface area contributed by atoms with E-state index in [9.17, 15) is 23.1 Å². The first-order valence-electron chi connectivity index (χ1n) is 7.39. The summed E-state index contributed by atoms with van der Waals surface area (Å²) in [4.78, 5) is 16.7. The van der Waals surface area contributed by atoms with E-state index in [4.69, 9.17) is 0 Å². The van der Waals surface area contributed by atoms with Crippen LogP contribution in [-0.2, 0) is 12.6 Å². The van der Waals surface area contributed by atoms with Crippen LogP contribution in [-0.4, -0.2) is 38.1 Å². The number of piperidine rings is 1. The summed E-state index contributed by atoms with van der Waals surface area (Å²) in [6.45, 7) is 0.459. The average Bonchev–Trinajstić information content (AvgIpc) is 2.88. The number of hydrogen-bond donors (Lipinski definition) is 1. The maximum Gasteiger partial charge on any atom is 0.419 e. The lowest BCUT2D eigenvalue weighted by molar-refractivity contribution is -0.136. The quantitative estimate of drug-likeness (QED) is 0.919. The zero-order chi connectivity index (χ0) is 16.6. The predicted octanol–water partition coefficient (Wildman–Crippen LogP) is 3.43. The molecule has 1 aliphatic heterocycles. The van der Waals surface area contributed by atoms with Crippen molar-refractivity contribution in [3.8, 4) is 0 Å². The second-order valence-corrected chi connectivity index (χ2v) is 5.71. The molecule has 2 aromatic rings. The Morgan fingerprint density at radius 2 is 2.17 bits per heavy atom. The molecular formula is C15H16F3N3O2. The topological polar surface area (TPSA) is 57.8 Å². The van der Waals surface area contributed by atoms with Gasteiger partial charge in [0.05, 0.1) is 11.3 Å². The largest absolute Gasteiger partial charge is 0.465 e. The van der Waals surface area contributed by atoms with E-state index in [1.807, 2.05) is 0 Å². The predicted molar refractivity (Wildman–Crippen MR) is 76.3 cm³/mol. The third kappa shape index (κ3) is 3.11. The minimum atomic E-state index is -4.47. The molecular weight excluding hydrogens is 311 g/mol. The van der Waals surface area contributed by atoms with Gasteiger partial charge in [0.15, 0.2) is 0 Å². The van der Waals surface area contributed by atoms with Crippen molar-refractivity contribution in [2.45, 2.75) is 37.9 Å². The number of nitrogens with zero attached hydrogens (tertiary/aromatic N) is 3. The van der Waals surface area contributed by atoms with Crippen molar-refractivity contribution < 1.29 is 23.1 Å². The zero-order valence-corrected chi connectivity index (χ0v) is 12.3. The van der Waals surface area contributed by atoms with Crippen molar-refractivity contribution in [1.82, 2.24) is 14.3 Å². The molecule has 3 rings (SSSR count). The van der Waals surface area contributed by atoms with E-state index >= 15 is 0 Å². The van der Waals surface area contributed by atoms with E-state index in [1.165, 1.54) is 21.6 Å². The molecule has 0 unspecified atom stereocenters. The SMILES string of the molecule is O=C(O)N1CCCC[C@H]1Cc1cn2cccc(C(F)(F)F)c2n1. The molecule has 8 heteroatoms. The summed E-state index contributed by atoms with van der Waals surface area (Å²) in [5.74, 6) is 0. The van der Waals surface area contributed by atoms with Crippen LogP contribution in [0.3, 0.4) is 0 Å². The molecule has 0 aromatic carbocycles. The van der Waals surface area contributed by atoms with Crippen LogP contribution in [0.25, 0.3) is 5.65 Å². The highest BCUT2D eigenvalue weighted by Gasteiger charge is 2.34. The molecule has 1 amide bonds. The van der Waals surface area contributed by atoms with Crippen molar-refractivity contribution in [3.05, 3.63) is 35.8 Å². The standard InChI is InChI=1S/C15H16F3N3O2/c16-15(17,18)12-5-3-6-20-9-10(19-13(12)20)8-11-4-1-2-7-21(11)14(22)23/h3,5-6,9,11H,1-2,4,7-8H2,(H,22,23)/t11-/m0/s1. The van der Waals surface area contributed by atoms with Crippen LogP contribution in [0.4, 0.5) is 18.0 Å². The van der Waals surface area contributed by atoms with Crippen molar-refractivity contribution in [1.29, 1.82) is 0 Å². The monoisotopic (exact) mass is 327 g/mol. The lowest BCUT2D eigenvalue weighted by atomic mass is 9.99. The van der Waals surface area contributed by atoms with Crippen molar-refractivity contribution in [2.24, 2.45) is 0 Å². The Labute approximate surface area is 130 Å². The molecule has 0 spiro atoms. The summed E-state index contributed by atoms with van der Waals surface area (Å²) < 4.78 is 40.4. The maximum atomic E-state index is 13.0. The van der Waals surface area contributed by atoms with Crippen molar-refractivity contribution in [3.63, 3.8) is 0 Å². The molecule has 0 bridgehead atoms. The molecule has 2 aromatic heterocycles. The Bertz CT molecular complexity index is 726. The van der Waals surface area contributed by atoms with E-state index in [0.717, 1.165) is 18.9 Å². The second-order valence-electron chi connectivity index (χ2n) is 5.71. The van der Waals surface area contributed by atoms with Crippen molar-refractivity contribution >= 4 is 11.7 Å². The maximum absolute atomic E-state index is 13.0. The number of hydrogen-bond acceptors (Lipinski definition) is 2. The van der Waals surface area contributed by atoms with E-state index < -0.39 is 17.8 Å². The minimum Gasteiger partial charge on any atom is -0.465 e. The van der Waals surface area contributed by atoms with Crippen LogP contribution in [0.1, 0.15) is 30.5 Å². The molecule has 124 valence electrons. The number of rotatable bonds is 2. The molecule has 0 saturated carbocycles. The van der Waals surface area contributed by atoms with E-state index in [0.29, 0.717) is 25.1 Å². The Morgan fingerprint density at radius 1 is 1.39 bits per heavy atom. The first-order valence-corrected chi connectivity index (χ1v) is 7.39.